The normalized spacial score (nSPS) is 66.0. The summed E-state index contributed by atoms with van der Waals surface area (Å²) in [5.41, 5.74) is 6.83. The van der Waals surface area contributed by atoms with Crippen molar-refractivity contribution in [2.45, 2.75) is 83.1 Å². The number of aliphatic hydroxyl groups excluding tert-OH is 1. The SMILES string of the molecule is C[C@]12CC3OC3CC1CC[C@@H]1[C@H]2CC[C@]2(C)C(O)C(N)C[C@@H]12. The molecule has 1 saturated heterocycles. The molecule has 0 amide bonds. The first-order valence-electron chi connectivity index (χ1n) is 9.52. The smallest absolute Gasteiger partial charge is 0.0847 e. The average molecular weight is 305 g/mol. The molecule has 22 heavy (non-hydrogen) atoms. The average Bonchev–Trinajstić information content (AvgIpc) is 3.18. The molecule has 0 aromatic heterocycles. The molecule has 3 N–H and O–H groups in total. The minimum absolute atomic E-state index is 0.00165. The lowest BCUT2D eigenvalue weighted by Crippen LogP contribution is -2.54. The number of aliphatic hydroxyl groups is 1. The second kappa shape index (κ2) is 4.29. The second-order valence-electron chi connectivity index (χ2n) is 9.70. The van der Waals surface area contributed by atoms with Gasteiger partial charge >= 0.3 is 0 Å². The summed E-state index contributed by atoms with van der Waals surface area (Å²) in [7, 11) is 0. The maximum absolute atomic E-state index is 10.6. The number of nitrogens with two attached hydrogens (primary N) is 1. The molecule has 5 fully saturated rings. The lowest BCUT2D eigenvalue weighted by molar-refractivity contribution is -0.117. The zero-order chi connectivity index (χ0) is 15.3. The first kappa shape index (κ1) is 14.2. The van der Waals surface area contributed by atoms with Crippen molar-refractivity contribution in [3.63, 3.8) is 0 Å². The molecule has 4 saturated carbocycles. The van der Waals surface area contributed by atoms with Crippen LogP contribution in [0, 0.1) is 34.5 Å². The third-order valence-corrected chi connectivity index (χ3v) is 8.96. The summed E-state index contributed by atoms with van der Waals surface area (Å²) in [5, 5.41) is 10.6. The molecule has 5 unspecified atom stereocenters. The minimum Gasteiger partial charge on any atom is -0.391 e. The Morgan fingerprint density at radius 1 is 1.00 bits per heavy atom. The molecule has 1 aliphatic heterocycles. The van der Waals surface area contributed by atoms with Gasteiger partial charge in [-0.25, -0.2) is 0 Å². The fourth-order valence-electron chi connectivity index (χ4n) is 7.59. The van der Waals surface area contributed by atoms with E-state index in [1.807, 2.05) is 0 Å². The van der Waals surface area contributed by atoms with E-state index in [-0.39, 0.29) is 17.6 Å². The lowest BCUT2D eigenvalue weighted by Gasteiger charge is -2.59. The molecule has 5 aliphatic rings. The topological polar surface area (TPSA) is 58.8 Å². The highest BCUT2D eigenvalue weighted by atomic mass is 16.6. The molecule has 0 bridgehead atoms. The summed E-state index contributed by atoms with van der Waals surface area (Å²) in [6.45, 7) is 4.89. The highest BCUT2D eigenvalue weighted by Crippen LogP contribution is 2.67. The number of ether oxygens (including phenoxy) is 1. The van der Waals surface area contributed by atoms with Crippen LogP contribution in [0.15, 0.2) is 0 Å². The minimum atomic E-state index is -0.286. The Morgan fingerprint density at radius 2 is 1.82 bits per heavy atom. The van der Waals surface area contributed by atoms with E-state index in [9.17, 15) is 5.11 Å². The monoisotopic (exact) mass is 305 g/mol. The van der Waals surface area contributed by atoms with Crippen LogP contribution in [-0.2, 0) is 4.74 Å². The molecule has 4 aliphatic carbocycles. The van der Waals surface area contributed by atoms with Crippen molar-refractivity contribution in [1.29, 1.82) is 0 Å². The predicted octanol–water partition coefficient (Wildman–Crippen LogP) is 2.70. The third kappa shape index (κ3) is 1.63. The van der Waals surface area contributed by atoms with Crippen LogP contribution in [0.4, 0.5) is 0 Å². The van der Waals surface area contributed by atoms with Gasteiger partial charge in [0.05, 0.1) is 18.3 Å². The molecule has 3 nitrogen and oxygen atoms in total. The van der Waals surface area contributed by atoms with Crippen molar-refractivity contribution in [3.05, 3.63) is 0 Å². The highest BCUT2D eigenvalue weighted by molar-refractivity contribution is 5.14. The summed E-state index contributed by atoms with van der Waals surface area (Å²) >= 11 is 0. The van der Waals surface area contributed by atoms with E-state index >= 15 is 0 Å². The van der Waals surface area contributed by atoms with Crippen molar-refractivity contribution >= 4 is 0 Å². The highest BCUT2D eigenvalue weighted by Gasteiger charge is 2.64. The number of epoxide rings is 1. The van der Waals surface area contributed by atoms with Gasteiger partial charge in [-0.15, -0.1) is 0 Å². The molecule has 10 atom stereocenters. The molecule has 0 aromatic carbocycles. The molecule has 5 rings (SSSR count). The van der Waals surface area contributed by atoms with E-state index in [1.54, 1.807) is 0 Å². The van der Waals surface area contributed by atoms with Crippen LogP contribution in [0.2, 0.25) is 0 Å². The largest absolute Gasteiger partial charge is 0.391 e. The molecule has 0 radical (unpaired) electrons. The van der Waals surface area contributed by atoms with Crippen LogP contribution < -0.4 is 5.73 Å². The van der Waals surface area contributed by atoms with Crippen molar-refractivity contribution in [2.24, 2.45) is 40.2 Å². The Bertz CT molecular complexity index is 496. The first-order valence-corrected chi connectivity index (χ1v) is 9.52. The second-order valence-corrected chi connectivity index (χ2v) is 9.70. The maximum Gasteiger partial charge on any atom is 0.0847 e. The quantitative estimate of drug-likeness (QED) is 0.677. The Labute approximate surface area is 134 Å². The van der Waals surface area contributed by atoms with Crippen LogP contribution in [0.25, 0.3) is 0 Å². The Morgan fingerprint density at radius 3 is 2.64 bits per heavy atom. The third-order valence-electron chi connectivity index (χ3n) is 8.96. The van der Waals surface area contributed by atoms with E-state index < -0.39 is 0 Å². The molecule has 0 spiro atoms. The van der Waals surface area contributed by atoms with Crippen molar-refractivity contribution in [2.75, 3.05) is 0 Å². The van der Waals surface area contributed by atoms with Crippen LogP contribution in [-0.4, -0.2) is 29.5 Å². The fraction of sp³-hybridized carbons (Fsp3) is 1.00. The van der Waals surface area contributed by atoms with E-state index in [0.29, 0.717) is 23.5 Å². The van der Waals surface area contributed by atoms with Crippen LogP contribution in [0.5, 0.6) is 0 Å². The van der Waals surface area contributed by atoms with Crippen molar-refractivity contribution in [3.8, 4) is 0 Å². The van der Waals surface area contributed by atoms with Crippen molar-refractivity contribution < 1.29 is 9.84 Å². The van der Waals surface area contributed by atoms with Crippen LogP contribution >= 0.6 is 0 Å². The zero-order valence-electron chi connectivity index (χ0n) is 14.0. The number of hydrogen-bond donors (Lipinski definition) is 2. The summed E-state index contributed by atoms with van der Waals surface area (Å²) in [5.74, 6) is 3.15. The Hall–Kier alpha value is -0.120. The van der Waals surface area contributed by atoms with Gasteiger partial charge in [0.15, 0.2) is 0 Å². The number of hydrogen-bond acceptors (Lipinski definition) is 3. The van der Waals surface area contributed by atoms with E-state index in [4.69, 9.17) is 10.5 Å². The van der Waals surface area contributed by atoms with Gasteiger partial charge in [-0.1, -0.05) is 13.8 Å². The van der Waals surface area contributed by atoms with Crippen LogP contribution in [0.1, 0.15) is 58.8 Å². The molecular formula is C19H31NO2. The molecular weight excluding hydrogens is 274 g/mol. The molecule has 0 aromatic rings. The fourth-order valence-corrected chi connectivity index (χ4v) is 7.59. The number of fused-ring (bicyclic) bond motifs is 6. The van der Waals surface area contributed by atoms with E-state index in [2.05, 4.69) is 13.8 Å². The van der Waals surface area contributed by atoms with Gasteiger partial charge in [0, 0.05) is 6.04 Å². The van der Waals surface area contributed by atoms with E-state index in [1.165, 1.54) is 38.5 Å². The summed E-state index contributed by atoms with van der Waals surface area (Å²) in [6.07, 6.45) is 9.75. The van der Waals surface area contributed by atoms with Gasteiger partial charge in [-0.3, -0.25) is 0 Å². The standard InChI is InChI=1S/C19H31NO2/c1-18-6-5-12-11(13(18)8-14(20)17(18)21)4-3-10-7-15-16(22-15)9-19(10,12)2/h10-17,21H,3-9,20H2,1-2H3/t10?,11-,12-,13+,14?,15?,16?,17?,18+,19+/m1/s1. The van der Waals surface area contributed by atoms with Gasteiger partial charge in [0.2, 0.25) is 0 Å². The van der Waals surface area contributed by atoms with Gasteiger partial charge in [-0.2, -0.15) is 0 Å². The van der Waals surface area contributed by atoms with Crippen molar-refractivity contribution in [1.82, 2.24) is 0 Å². The lowest BCUT2D eigenvalue weighted by atomic mass is 9.45. The Balaban J connectivity index is 1.47. The first-order chi connectivity index (χ1) is 10.4. The zero-order valence-corrected chi connectivity index (χ0v) is 14.0. The molecule has 3 heteroatoms. The number of rotatable bonds is 0. The van der Waals surface area contributed by atoms with Gasteiger partial charge in [-0.05, 0) is 79.4 Å². The van der Waals surface area contributed by atoms with Gasteiger partial charge < -0.3 is 15.6 Å². The van der Waals surface area contributed by atoms with E-state index in [0.717, 1.165) is 24.2 Å². The summed E-state index contributed by atoms with van der Waals surface area (Å²) in [6, 6.07) is 0.00165. The Kier molecular flexibility index (Phi) is 2.77. The summed E-state index contributed by atoms with van der Waals surface area (Å²) < 4.78 is 5.90. The predicted molar refractivity (Wildman–Crippen MR) is 85.1 cm³/mol. The molecule has 124 valence electrons. The molecule has 1 heterocycles. The summed E-state index contributed by atoms with van der Waals surface area (Å²) in [4.78, 5) is 0. The maximum atomic E-state index is 10.6. The van der Waals surface area contributed by atoms with Gasteiger partial charge in [0.25, 0.3) is 0 Å². The van der Waals surface area contributed by atoms with Gasteiger partial charge in [0.1, 0.15) is 0 Å². The van der Waals surface area contributed by atoms with Crippen LogP contribution in [0.3, 0.4) is 0 Å².